The van der Waals surface area contributed by atoms with Crippen LogP contribution < -0.4 is 14.9 Å². The van der Waals surface area contributed by atoms with Crippen molar-refractivity contribution in [2.75, 3.05) is 19.6 Å². The van der Waals surface area contributed by atoms with Gasteiger partial charge >= 0.3 is 4.87 Å². The van der Waals surface area contributed by atoms with Crippen molar-refractivity contribution in [1.82, 2.24) is 24.5 Å². The molecule has 2 atom stereocenters. The van der Waals surface area contributed by atoms with Crippen molar-refractivity contribution in [1.29, 1.82) is 0 Å². The molecule has 10 nitrogen and oxygen atoms in total. The van der Waals surface area contributed by atoms with Crippen LogP contribution in [0.1, 0.15) is 70.3 Å². The van der Waals surface area contributed by atoms with Crippen LogP contribution in [0.4, 0.5) is 0 Å². The molecule has 0 bridgehead atoms. The smallest absolute Gasteiger partial charge is 0.323 e. The number of aromatic nitrogens is 2. The van der Waals surface area contributed by atoms with E-state index in [-0.39, 0.29) is 22.6 Å². The molecule has 3 fully saturated rings. The number of aliphatic hydroxyl groups excluding tert-OH is 1. The molecular formula is C34H43N5O5S. The molecule has 1 saturated carbocycles. The number of ether oxygens (including phenoxy) is 1. The number of hydrogen-bond donors (Lipinski definition) is 3. The summed E-state index contributed by atoms with van der Waals surface area (Å²) in [5, 5.41) is 14.2. The topological polar surface area (TPSA) is 128 Å². The van der Waals surface area contributed by atoms with Crippen LogP contribution in [0.2, 0.25) is 0 Å². The SMILES string of the molecule is CCCCN1C(=O)[C@@H]([C@H](O)C2CCCCC2)NC(=O)C12CCN(Cc1ccc(Oc3ccc(-c4nsc(=O)[nH]4)cc3)cc1)CC2. The average Bonchev–Trinajstić information content (AvgIpc) is 3.51. The van der Waals surface area contributed by atoms with E-state index in [0.717, 1.165) is 73.5 Å². The number of piperidine rings is 1. The zero-order valence-corrected chi connectivity index (χ0v) is 26.7. The first-order valence-electron chi connectivity index (χ1n) is 16.3. The highest BCUT2D eigenvalue weighted by molar-refractivity contribution is 7.03. The fourth-order valence-corrected chi connectivity index (χ4v) is 7.60. The molecule has 2 amide bonds. The van der Waals surface area contributed by atoms with E-state index in [4.69, 9.17) is 4.74 Å². The summed E-state index contributed by atoms with van der Waals surface area (Å²) in [6.45, 7) is 4.79. The van der Waals surface area contributed by atoms with Gasteiger partial charge in [-0.05, 0) is 80.0 Å². The van der Waals surface area contributed by atoms with Gasteiger partial charge in [0.15, 0.2) is 5.82 Å². The van der Waals surface area contributed by atoms with Crippen LogP contribution in [0.3, 0.4) is 0 Å². The second-order valence-electron chi connectivity index (χ2n) is 12.7. The first kappa shape index (κ1) is 31.4. The number of nitrogens with one attached hydrogen (secondary N) is 2. The molecule has 2 saturated heterocycles. The van der Waals surface area contributed by atoms with Gasteiger partial charge in [-0.15, -0.1) is 0 Å². The molecule has 1 aliphatic carbocycles. The maximum Gasteiger partial charge on any atom is 0.323 e. The fraction of sp³-hybridized carbons (Fsp3) is 0.529. The van der Waals surface area contributed by atoms with Crippen molar-refractivity contribution in [2.24, 2.45) is 5.92 Å². The Bertz CT molecular complexity index is 1510. The maximum atomic E-state index is 13.9. The Morgan fingerprint density at radius 3 is 2.29 bits per heavy atom. The third-order valence-corrected chi connectivity index (χ3v) is 10.3. The van der Waals surface area contributed by atoms with Crippen LogP contribution >= 0.6 is 11.5 Å². The van der Waals surface area contributed by atoms with Gasteiger partial charge in [0.05, 0.1) is 6.10 Å². The standard InChI is InChI=1S/C34H43N5O5S/c1-2-3-19-39-31(41)28(29(40)24-7-5-4-6-8-24)35-32(42)34(39)17-20-38(21-18-34)22-23-9-13-26(14-10-23)44-27-15-11-25(12-16-27)30-36-33(43)45-37-30/h9-16,24,28-29,40H,2-8,17-22H2,1H3,(H,35,42)(H,36,37,43)/t28-,29-/m1/s1. The molecule has 0 unspecified atom stereocenters. The highest BCUT2D eigenvalue weighted by Gasteiger charge is 2.55. The predicted octanol–water partition coefficient (Wildman–Crippen LogP) is 4.69. The lowest BCUT2D eigenvalue weighted by atomic mass is 9.78. The zero-order chi connectivity index (χ0) is 31.4. The van der Waals surface area contributed by atoms with Gasteiger partial charge < -0.3 is 20.1 Å². The Hall–Kier alpha value is -3.54. The largest absolute Gasteiger partial charge is 0.457 e. The van der Waals surface area contributed by atoms with Crippen molar-refractivity contribution in [2.45, 2.75) is 88.9 Å². The van der Waals surface area contributed by atoms with Gasteiger partial charge in [-0.25, -0.2) is 0 Å². The number of unbranched alkanes of at least 4 members (excludes halogenated alkanes) is 1. The highest BCUT2D eigenvalue weighted by atomic mass is 32.1. The summed E-state index contributed by atoms with van der Waals surface area (Å²) >= 11 is 0.896. The molecule has 3 heterocycles. The fourth-order valence-electron chi connectivity index (χ4n) is 7.13. The number of H-pyrrole nitrogens is 1. The van der Waals surface area contributed by atoms with Crippen LogP contribution in [-0.2, 0) is 16.1 Å². The molecule has 45 heavy (non-hydrogen) atoms. The summed E-state index contributed by atoms with van der Waals surface area (Å²) < 4.78 is 10.1. The Balaban J connectivity index is 1.06. The van der Waals surface area contributed by atoms with Crippen LogP contribution in [-0.4, -0.2) is 73.4 Å². The highest BCUT2D eigenvalue weighted by Crippen LogP contribution is 2.36. The van der Waals surface area contributed by atoms with Crippen LogP contribution in [0.5, 0.6) is 11.5 Å². The lowest BCUT2D eigenvalue weighted by Gasteiger charge is -2.52. The number of aliphatic hydroxyl groups is 1. The molecule has 2 aromatic carbocycles. The number of likely N-dealkylation sites (tertiary alicyclic amines) is 1. The molecule has 3 aliphatic rings. The van der Waals surface area contributed by atoms with E-state index in [1.807, 2.05) is 41.3 Å². The molecule has 3 N–H and O–H groups in total. The third kappa shape index (κ3) is 6.85. The monoisotopic (exact) mass is 633 g/mol. The minimum Gasteiger partial charge on any atom is -0.457 e. The minimum atomic E-state index is -0.854. The lowest BCUT2D eigenvalue weighted by molar-refractivity contribution is -0.166. The molecule has 240 valence electrons. The van der Waals surface area contributed by atoms with Crippen molar-refractivity contribution in [3.05, 3.63) is 63.8 Å². The van der Waals surface area contributed by atoms with E-state index in [0.29, 0.717) is 44.0 Å². The van der Waals surface area contributed by atoms with Crippen molar-refractivity contribution < 1.29 is 19.4 Å². The van der Waals surface area contributed by atoms with Gasteiger partial charge in [0.2, 0.25) is 11.8 Å². The Morgan fingerprint density at radius 1 is 1.00 bits per heavy atom. The molecule has 0 radical (unpaired) electrons. The van der Waals surface area contributed by atoms with Crippen LogP contribution in [0.25, 0.3) is 11.4 Å². The summed E-state index contributed by atoms with van der Waals surface area (Å²) in [5.41, 5.74) is 1.11. The molecular weight excluding hydrogens is 590 g/mol. The lowest BCUT2D eigenvalue weighted by Crippen LogP contribution is -2.75. The summed E-state index contributed by atoms with van der Waals surface area (Å²) in [6, 6.07) is 14.6. The summed E-state index contributed by atoms with van der Waals surface area (Å²) in [4.78, 5) is 45.7. The number of amides is 2. The van der Waals surface area contributed by atoms with Gasteiger partial charge in [0.1, 0.15) is 23.1 Å². The zero-order valence-electron chi connectivity index (χ0n) is 25.9. The Morgan fingerprint density at radius 2 is 1.67 bits per heavy atom. The number of benzene rings is 2. The van der Waals surface area contributed by atoms with Gasteiger partial charge in [-0.2, -0.15) is 4.37 Å². The normalized spacial score (nSPS) is 21.6. The number of piperazine rings is 1. The Kier molecular flexibility index (Phi) is 9.67. The average molecular weight is 634 g/mol. The van der Waals surface area contributed by atoms with Crippen molar-refractivity contribution in [3.63, 3.8) is 0 Å². The first-order chi connectivity index (χ1) is 21.9. The van der Waals surface area contributed by atoms with Gasteiger partial charge in [0.25, 0.3) is 0 Å². The van der Waals surface area contributed by atoms with Gasteiger partial charge in [-0.1, -0.05) is 44.7 Å². The van der Waals surface area contributed by atoms with E-state index in [1.165, 1.54) is 6.42 Å². The van der Waals surface area contributed by atoms with Crippen LogP contribution in [0, 0.1) is 5.92 Å². The van der Waals surface area contributed by atoms with E-state index in [9.17, 15) is 19.5 Å². The summed E-state index contributed by atoms with van der Waals surface area (Å²) in [5.74, 6) is 1.81. The van der Waals surface area contributed by atoms with E-state index < -0.39 is 17.7 Å². The number of carbonyl (C=O) groups is 2. The van der Waals surface area contributed by atoms with Crippen LogP contribution in [0.15, 0.2) is 53.3 Å². The van der Waals surface area contributed by atoms with E-state index >= 15 is 0 Å². The maximum absolute atomic E-state index is 13.9. The second-order valence-corrected chi connectivity index (χ2v) is 13.4. The number of carbonyl (C=O) groups excluding carboxylic acids is 2. The van der Waals surface area contributed by atoms with Gasteiger partial charge in [-0.3, -0.25) is 24.3 Å². The van der Waals surface area contributed by atoms with Crippen molar-refractivity contribution >= 4 is 23.3 Å². The van der Waals surface area contributed by atoms with Crippen molar-refractivity contribution in [3.8, 4) is 22.9 Å². The number of aromatic amines is 1. The van der Waals surface area contributed by atoms with E-state index in [2.05, 4.69) is 38.6 Å². The Labute approximate surface area is 268 Å². The minimum absolute atomic E-state index is 0.0659. The second kappa shape index (κ2) is 13.8. The molecule has 3 aromatic rings. The quantitative estimate of drug-likeness (QED) is 0.296. The summed E-state index contributed by atoms with van der Waals surface area (Å²) in [6.07, 6.45) is 7.22. The molecule has 11 heteroatoms. The molecule has 6 rings (SSSR count). The summed E-state index contributed by atoms with van der Waals surface area (Å²) in [7, 11) is 0. The van der Waals surface area contributed by atoms with E-state index in [1.54, 1.807) is 0 Å². The number of hydrogen-bond acceptors (Lipinski definition) is 8. The predicted molar refractivity (Wildman–Crippen MR) is 173 cm³/mol. The number of rotatable bonds is 10. The molecule has 1 spiro atoms. The third-order valence-electron chi connectivity index (χ3n) is 9.78. The first-order valence-corrected chi connectivity index (χ1v) is 17.1. The molecule has 2 aliphatic heterocycles. The van der Waals surface area contributed by atoms with Gasteiger partial charge in [0, 0.05) is 43.3 Å². The molecule has 1 aromatic heterocycles. The number of nitrogens with zero attached hydrogens (tertiary/aromatic N) is 3.